The molecule has 0 spiro atoms. The van der Waals surface area contributed by atoms with E-state index in [0.29, 0.717) is 19.8 Å². The van der Waals surface area contributed by atoms with Gasteiger partial charge >= 0.3 is 124 Å². The first kappa shape index (κ1) is 19.6. The van der Waals surface area contributed by atoms with E-state index in [1.807, 2.05) is 0 Å². The van der Waals surface area contributed by atoms with Crippen molar-refractivity contribution in [1.82, 2.24) is 0 Å². The molecule has 0 heterocycles. The molecule has 7 heteroatoms. The molecule has 0 atom stereocenters. The summed E-state index contributed by atoms with van der Waals surface area (Å²) in [5.41, 5.74) is 0. The standard InChI is InChI=1S/3C4H9O2.Sb/c3*5-3-1-2-4-6;/h3*5H,1-4H2;/q3*-1;+3. The molecule has 0 aromatic rings. The third-order valence-electron chi connectivity index (χ3n) is 2.25. The Morgan fingerprint density at radius 1 is 0.526 bits per heavy atom. The van der Waals surface area contributed by atoms with Gasteiger partial charge in [0.05, 0.1) is 0 Å². The number of unbranched alkanes of at least 4 members (excludes halogenated alkanes) is 3. The molecule has 0 amide bonds. The second kappa shape index (κ2) is 16.6. The van der Waals surface area contributed by atoms with Crippen LogP contribution in [0.15, 0.2) is 0 Å². The van der Waals surface area contributed by atoms with Gasteiger partial charge in [-0.2, -0.15) is 0 Å². The molecule has 0 saturated carbocycles. The summed E-state index contributed by atoms with van der Waals surface area (Å²) in [5.74, 6) is 0. The monoisotopic (exact) mass is 388 g/mol. The summed E-state index contributed by atoms with van der Waals surface area (Å²) in [6.07, 6.45) is 4.58. The Hall–Kier alpha value is 0.578. The van der Waals surface area contributed by atoms with Crippen LogP contribution in [0, 0.1) is 0 Å². The van der Waals surface area contributed by atoms with Crippen molar-refractivity contribution in [2.24, 2.45) is 0 Å². The fourth-order valence-corrected chi connectivity index (χ4v) is 4.19. The van der Waals surface area contributed by atoms with Crippen LogP contribution in [0.1, 0.15) is 38.5 Å². The summed E-state index contributed by atoms with van der Waals surface area (Å²) in [7, 11) is 0. The molecular formula is C12H27O6Sb. The average Bonchev–Trinajstić information content (AvgIpc) is 2.43. The van der Waals surface area contributed by atoms with Gasteiger partial charge in [-0.05, 0) is 0 Å². The molecule has 116 valence electrons. The van der Waals surface area contributed by atoms with Crippen molar-refractivity contribution in [3.8, 4) is 0 Å². The van der Waals surface area contributed by atoms with Gasteiger partial charge < -0.3 is 0 Å². The van der Waals surface area contributed by atoms with E-state index in [1.165, 1.54) is 0 Å². The van der Waals surface area contributed by atoms with Crippen LogP contribution in [0.2, 0.25) is 0 Å². The van der Waals surface area contributed by atoms with Crippen molar-refractivity contribution in [3.05, 3.63) is 0 Å². The molecule has 0 radical (unpaired) electrons. The van der Waals surface area contributed by atoms with Crippen LogP contribution in [-0.2, 0) is 9.05 Å². The predicted octanol–water partition coefficient (Wildman–Crippen LogP) is 0.339. The Morgan fingerprint density at radius 2 is 0.842 bits per heavy atom. The first-order valence-electron chi connectivity index (χ1n) is 6.86. The van der Waals surface area contributed by atoms with Crippen LogP contribution in [0.5, 0.6) is 0 Å². The number of rotatable bonds is 15. The van der Waals surface area contributed by atoms with Gasteiger partial charge in [0.25, 0.3) is 0 Å². The van der Waals surface area contributed by atoms with Gasteiger partial charge in [-0.1, -0.05) is 0 Å². The molecule has 3 N–H and O–H groups in total. The zero-order valence-electron chi connectivity index (χ0n) is 11.5. The summed E-state index contributed by atoms with van der Waals surface area (Å²) in [4.78, 5) is 0. The molecule has 19 heavy (non-hydrogen) atoms. The normalized spacial score (nSPS) is 11.4. The Labute approximate surface area is 124 Å². The molecule has 0 fully saturated rings. The summed E-state index contributed by atoms with van der Waals surface area (Å²) < 4.78 is 16.8. The van der Waals surface area contributed by atoms with Crippen LogP contribution >= 0.6 is 0 Å². The van der Waals surface area contributed by atoms with E-state index in [2.05, 4.69) is 0 Å². The van der Waals surface area contributed by atoms with Crippen molar-refractivity contribution < 1.29 is 24.4 Å². The summed E-state index contributed by atoms with van der Waals surface area (Å²) >= 11 is -2.56. The first-order valence-corrected chi connectivity index (χ1v) is 9.99. The van der Waals surface area contributed by atoms with Crippen molar-refractivity contribution >= 4 is 21.5 Å². The second-order valence-corrected chi connectivity index (χ2v) is 7.50. The molecule has 0 aliphatic carbocycles. The zero-order chi connectivity index (χ0) is 14.2. The molecule has 0 rings (SSSR count). The molecule has 0 aromatic carbocycles. The van der Waals surface area contributed by atoms with Crippen LogP contribution < -0.4 is 0 Å². The van der Waals surface area contributed by atoms with Crippen LogP contribution in [-0.4, -0.2) is 76.4 Å². The maximum atomic E-state index is 8.68. The van der Waals surface area contributed by atoms with E-state index < -0.39 is 21.5 Å². The molecule has 6 nitrogen and oxygen atoms in total. The van der Waals surface area contributed by atoms with Gasteiger partial charge in [0.1, 0.15) is 0 Å². The Balaban J connectivity index is 3.66. The van der Waals surface area contributed by atoms with Crippen molar-refractivity contribution in [2.75, 3.05) is 39.6 Å². The second-order valence-electron chi connectivity index (χ2n) is 4.02. The van der Waals surface area contributed by atoms with Gasteiger partial charge in [0, 0.05) is 0 Å². The number of hydrogen-bond acceptors (Lipinski definition) is 6. The molecular weight excluding hydrogens is 362 g/mol. The number of hydrogen-bond donors (Lipinski definition) is 3. The van der Waals surface area contributed by atoms with E-state index in [9.17, 15) is 0 Å². The Morgan fingerprint density at radius 3 is 1.11 bits per heavy atom. The Bertz CT molecular complexity index is 144. The third-order valence-corrected chi connectivity index (χ3v) is 5.62. The summed E-state index contributed by atoms with van der Waals surface area (Å²) in [6.45, 7) is 2.20. The fraction of sp³-hybridized carbons (Fsp3) is 1.00. The maximum absolute atomic E-state index is 8.68. The van der Waals surface area contributed by atoms with Gasteiger partial charge in [0.15, 0.2) is 0 Å². The topological polar surface area (TPSA) is 88.4 Å². The first-order chi connectivity index (χ1) is 9.35. The van der Waals surface area contributed by atoms with Gasteiger partial charge in [-0.15, -0.1) is 0 Å². The van der Waals surface area contributed by atoms with Crippen molar-refractivity contribution in [2.45, 2.75) is 38.5 Å². The quantitative estimate of drug-likeness (QED) is 0.277. The van der Waals surface area contributed by atoms with Crippen molar-refractivity contribution in [1.29, 1.82) is 0 Å². The molecule has 0 aliphatic heterocycles. The van der Waals surface area contributed by atoms with E-state index in [1.54, 1.807) is 0 Å². The Kier molecular flexibility index (Phi) is 17.1. The fourth-order valence-electron chi connectivity index (χ4n) is 1.17. The molecule has 0 aliphatic rings. The van der Waals surface area contributed by atoms with E-state index in [0.717, 1.165) is 38.5 Å². The van der Waals surface area contributed by atoms with Gasteiger partial charge in [-0.3, -0.25) is 0 Å². The average molecular weight is 389 g/mol. The van der Waals surface area contributed by atoms with E-state index in [-0.39, 0.29) is 19.8 Å². The van der Waals surface area contributed by atoms with Crippen LogP contribution in [0.4, 0.5) is 0 Å². The third kappa shape index (κ3) is 14.8. The number of aliphatic hydroxyl groups is 3. The van der Waals surface area contributed by atoms with Crippen molar-refractivity contribution in [3.63, 3.8) is 0 Å². The summed E-state index contributed by atoms with van der Waals surface area (Å²) in [6, 6.07) is 0. The molecule has 0 aromatic heterocycles. The zero-order valence-corrected chi connectivity index (χ0v) is 14.1. The predicted molar refractivity (Wildman–Crippen MR) is 72.6 cm³/mol. The minimum absolute atomic E-state index is 0.176. The van der Waals surface area contributed by atoms with Gasteiger partial charge in [0.2, 0.25) is 0 Å². The summed E-state index contributed by atoms with van der Waals surface area (Å²) in [5, 5.41) is 26.0. The van der Waals surface area contributed by atoms with E-state index in [4.69, 9.17) is 24.4 Å². The molecule has 0 saturated heterocycles. The van der Waals surface area contributed by atoms with E-state index >= 15 is 0 Å². The molecule has 0 unspecified atom stereocenters. The minimum atomic E-state index is -2.56. The van der Waals surface area contributed by atoms with Crippen LogP contribution in [0.3, 0.4) is 0 Å². The number of aliphatic hydroxyl groups excluding tert-OH is 3. The molecule has 0 bridgehead atoms. The SMILES string of the molecule is OCCCC[O][Sb]([O]CCCCO)[O]CCCCO. The van der Waals surface area contributed by atoms with Crippen LogP contribution in [0.25, 0.3) is 0 Å². The van der Waals surface area contributed by atoms with Gasteiger partial charge in [-0.25, -0.2) is 0 Å².